The smallest absolute Gasteiger partial charge is 0.255 e. The summed E-state index contributed by atoms with van der Waals surface area (Å²) < 4.78 is 5.34. The fourth-order valence-corrected chi connectivity index (χ4v) is 2.82. The van der Waals surface area contributed by atoms with Crippen molar-refractivity contribution in [1.29, 1.82) is 0 Å². The SMILES string of the molecule is C=CCc1cc(C(=O)Nc2c(CC)cccc2CC)ccc1OC. The monoisotopic (exact) mass is 323 g/mol. The summed E-state index contributed by atoms with van der Waals surface area (Å²) in [4.78, 5) is 12.7. The van der Waals surface area contributed by atoms with Crippen LogP contribution in [-0.4, -0.2) is 13.0 Å². The summed E-state index contributed by atoms with van der Waals surface area (Å²) in [5.41, 5.74) is 4.83. The van der Waals surface area contributed by atoms with Crippen LogP contribution in [-0.2, 0) is 19.3 Å². The normalized spacial score (nSPS) is 10.3. The lowest BCUT2D eigenvalue weighted by Crippen LogP contribution is -2.15. The second-order valence-electron chi connectivity index (χ2n) is 5.63. The largest absolute Gasteiger partial charge is 0.496 e. The molecule has 0 saturated heterocycles. The van der Waals surface area contributed by atoms with Gasteiger partial charge in [-0.3, -0.25) is 4.79 Å². The number of allylic oxidation sites excluding steroid dienone is 1. The van der Waals surface area contributed by atoms with Crippen LogP contribution >= 0.6 is 0 Å². The number of carbonyl (C=O) groups excluding carboxylic acids is 1. The summed E-state index contributed by atoms with van der Waals surface area (Å²) in [6.07, 6.45) is 4.23. The van der Waals surface area contributed by atoms with E-state index in [2.05, 4.69) is 37.9 Å². The molecular formula is C21H25NO2. The van der Waals surface area contributed by atoms with Crippen LogP contribution in [0, 0.1) is 0 Å². The van der Waals surface area contributed by atoms with Gasteiger partial charge < -0.3 is 10.1 Å². The predicted molar refractivity (Wildman–Crippen MR) is 100 cm³/mol. The van der Waals surface area contributed by atoms with E-state index in [-0.39, 0.29) is 5.91 Å². The van der Waals surface area contributed by atoms with Crippen LogP contribution in [0.1, 0.15) is 40.9 Å². The first-order valence-electron chi connectivity index (χ1n) is 8.34. The maximum absolute atomic E-state index is 12.7. The molecule has 1 amide bonds. The standard InChI is InChI=1S/C21H25NO2/c1-5-9-17-14-18(12-13-19(17)24-4)21(23)22-20-15(6-2)10-8-11-16(20)7-3/h5,8,10-14H,1,6-7,9H2,2-4H3,(H,22,23). The van der Waals surface area contributed by atoms with Crippen LogP contribution in [0.2, 0.25) is 0 Å². The van der Waals surface area contributed by atoms with Crippen LogP contribution in [0.15, 0.2) is 49.1 Å². The second-order valence-corrected chi connectivity index (χ2v) is 5.63. The third-order valence-corrected chi connectivity index (χ3v) is 4.14. The number of rotatable bonds is 7. The van der Waals surface area contributed by atoms with E-state index >= 15 is 0 Å². The quantitative estimate of drug-likeness (QED) is 0.743. The van der Waals surface area contributed by atoms with Crippen molar-refractivity contribution in [3.63, 3.8) is 0 Å². The van der Waals surface area contributed by atoms with Gasteiger partial charge in [-0.05, 0) is 54.2 Å². The van der Waals surface area contributed by atoms with Crippen molar-refractivity contribution >= 4 is 11.6 Å². The molecule has 0 aromatic heterocycles. The lowest BCUT2D eigenvalue weighted by molar-refractivity contribution is 0.102. The minimum Gasteiger partial charge on any atom is -0.496 e. The minimum atomic E-state index is -0.0986. The first-order chi connectivity index (χ1) is 11.6. The highest BCUT2D eigenvalue weighted by molar-refractivity contribution is 6.05. The first kappa shape index (κ1) is 17.8. The molecule has 0 unspecified atom stereocenters. The molecule has 0 spiro atoms. The van der Waals surface area contributed by atoms with Gasteiger partial charge in [-0.2, -0.15) is 0 Å². The molecule has 2 rings (SSSR count). The van der Waals surface area contributed by atoms with Gasteiger partial charge in [0.15, 0.2) is 0 Å². The van der Waals surface area contributed by atoms with E-state index in [1.165, 1.54) is 0 Å². The Morgan fingerprint density at radius 3 is 2.33 bits per heavy atom. The van der Waals surface area contributed by atoms with Crippen molar-refractivity contribution in [2.75, 3.05) is 12.4 Å². The van der Waals surface area contributed by atoms with E-state index < -0.39 is 0 Å². The molecule has 0 fully saturated rings. The maximum Gasteiger partial charge on any atom is 0.255 e. The summed E-state index contributed by atoms with van der Waals surface area (Å²) in [6.45, 7) is 7.96. The number of ether oxygens (including phenoxy) is 1. The molecule has 0 saturated carbocycles. The highest BCUT2D eigenvalue weighted by Crippen LogP contribution is 2.25. The van der Waals surface area contributed by atoms with Crippen LogP contribution in [0.25, 0.3) is 0 Å². The Labute approximate surface area is 144 Å². The third-order valence-electron chi connectivity index (χ3n) is 4.14. The van der Waals surface area contributed by atoms with Gasteiger partial charge in [0.2, 0.25) is 0 Å². The van der Waals surface area contributed by atoms with Crippen molar-refractivity contribution in [2.45, 2.75) is 33.1 Å². The van der Waals surface area contributed by atoms with Gasteiger partial charge in [-0.1, -0.05) is 38.1 Å². The molecular weight excluding hydrogens is 298 g/mol. The summed E-state index contributed by atoms with van der Waals surface area (Å²) >= 11 is 0. The van der Waals surface area contributed by atoms with Gasteiger partial charge in [-0.15, -0.1) is 6.58 Å². The Bertz CT molecular complexity index is 712. The van der Waals surface area contributed by atoms with Crippen molar-refractivity contribution < 1.29 is 9.53 Å². The predicted octanol–water partition coefficient (Wildman–Crippen LogP) is 4.80. The highest BCUT2D eigenvalue weighted by atomic mass is 16.5. The Morgan fingerprint density at radius 2 is 1.79 bits per heavy atom. The van der Waals surface area contributed by atoms with Gasteiger partial charge in [0.1, 0.15) is 5.75 Å². The topological polar surface area (TPSA) is 38.3 Å². The van der Waals surface area contributed by atoms with Crippen molar-refractivity contribution in [3.8, 4) is 5.75 Å². The first-order valence-corrected chi connectivity index (χ1v) is 8.34. The van der Waals surface area contributed by atoms with Crippen molar-refractivity contribution in [3.05, 3.63) is 71.3 Å². The van der Waals surface area contributed by atoms with E-state index in [4.69, 9.17) is 4.74 Å². The molecule has 0 heterocycles. The number of aryl methyl sites for hydroxylation is 2. The fourth-order valence-electron chi connectivity index (χ4n) is 2.82. The van der Waals surface area contributed by atoms with E-state index in [9.17, 15) is 4.79 Å². The molecule has 126 valence electrons. The molecule has 0 radical (unpaired) electrons. The molecule has 2 aromatic rings. The third kappa shape index (κ3) is 3.85. The molecule has 24 heavy (non-hydrogen) atoms. The number of para-hydroxylation sites is 1. The lowest BCUT2D eigenvalue weighted by Gasteiger charge is -2.15. The van der Waals surface area contributed by atoms with E-state index in [1.807, 2.05) is 18.2 Å². The Balaban J connectivity index is 2.34. The number of anilines is 1. The molecule has 2 aromatic carbocycles. The van der Waals surface area contributed by atoms with Crippen molar-refractivity contribution in [2.24, 2.45) is 0 Å². The number of hydrogen-bond donors (Lipinski definition) is 1. The molecule has 3 heteroatoms. The van der Waals surface area contributed by atoms with Gasteiger partial charge >= 0.3 is 0 Å². The van der Waals surface area contributed by atoms with Gasteiger partial charge in [-0.25, -0.2) is 0 Å². The second kappa shape index (κ2) is 8.34. The van der Waals surface area contributed by atoms with Gasteiger partial charge in [0.25, 0.3) is 5.91 Å². The van der Waals surface area contributed by atoms with Crippen molar-refractivity contribution in [1.82, 2.24) is 0 Å². The molecule has 0 aliphatic rings. The average Bonchev–Trinajstić information content (AvgIpc) is 2.62. The summed E-state index contributed by atoms with van der Waals surface area (Å²) in [7, 11) is 1.63. The van der Waals surface area contributed by atoms with E-state index in [0.29, 0.717) is 12.0 Å². The molecule has 0 atom stereocenters. The van der Waals surface area contributed by atoms with E-state index in [0.717, 1.165) is 41.0 Å². The fraction of sp³-hybridized carbons (Fsp3) is 0.286. The molecule has 0 aliphatic carbocycles. The summed E-state index contributed by atoms with van der Waals surface area (Å²) in [5.74, 6) is 0.674. The summed E-state index contributed by atoms with van der Waals surface area (Å²) in [5, 5.41) is 3.10. The molecule has 3 nitrogen and oxygen atoms in total. The average molecular weight is 323 g/mol. The molecule has 1 N–H and O–H groups in total. The Morgan fingerprint density at radius 1 is 1.12 bits per heavy atom. The lowest BCUT2D eigenvalue weighted by atomic mass is 10.0. The minimum absolute atomic E-state index is 0.0986. The van der Waals surface area contributed by atoms with Crippen LogP contribution in [0.3, 0.4) is 0 Å². The van der Waals surface area contributed by atoms with Crippen LogP contribution < -0.4 is 10.1 Å². The van der Waals surface area contributed by atoms with Gasteiger partial charge in [0, 0.05) is 11.3 Å². The number of nitrogens with one attached hydrogen (secondary N) is 1. The summed E-state index contributed by atoms with van der Waals surface area (Å²) in [6, 6.07) is 11.7. The maximum atomic E-state index is 12.7. The number of carbonyl (C=O) groups is 1. The zero-order valence-corrected chi connectivity index (χ0v) is 14.7. The van der Waals surface area contributed by atoms with Crippen LogP contribution in [0.4, 0.5) is 5.69 Å². The Hall–Kier alpha value is -2.55. The number of hydrogen-bond acceptors (Lipinski definition) is 2. The zero-order valence-electron chi connectivity index (χ0n) is 14.7. The van der Waals surface area contributed by atoms with E-state index in [1.54, 1.807) is 19.3 Å². The number of benzene rings is 2. The number of amides is 1. The number of methoxy groups -OCH3 is 1. The van der Waals surface area contributed by atoms with Crippen LogP contribution in [0.5, 0.6) is 5.75 Å². The highest BCUT2D eigenvalue weighted by Gasteiger charge is 2.13. The Kier molecular flexibility index (Phi) is 6.19. The molecule has 0 aliphatic heterocycles. The zero-order chi connectivity index (χ0) is 17.5. The molecule has 0 bridgehead atoms. The van der Waals surface area contributed by atoms with Gasteiger partial charge in [0.05, 0.1) is 7.11 Å².